The van der Waals surface area contributed by atoms with Gasteiger partial charge in [-0.05, 0) is 42.0 Å². The lowest BCUT2D eigenvalue weighted by Gasteiger charge is -2.32. The van der Waals surface area contributed by atoms with Crippen molar-refractivity contribution in [2.45, 2.75) is 12.6 Å². The van der Waals surface area contributed by atoms with Gasteiger partial charge in [-0.1, -0.05) is 0 Å². The van der Waals surface area contributed by atoms with E-state index in [1.54, 1.807) is 36.7 Å². The van der Waals surface area contributed by atoms with Gasteiger partial charge in [-0.3, -0.25) is 19.5 Å². The smallest absolute Gasteiger partial charge is 0.324 e. The molecule has 154 valence electrons. The largest absolute Gasteiger partial charge is 0.489 e. The van der Waals surface area contributed by atoms with E-state index in [0.717, 1.165) is 5.56 Å². The van der Waals surface area contributed by atoms with Crippen LogP contribution >= 0.6 is 0 Å². The molecule has 0 aliphatic carbocycles. The lowest BCUT2D eigenvalue weighted by atomic mass is 10.2. The van der Waals surface area contributed by atoms with Gasteiger partial charge in [-0.25, -0.2) is 0 Å². The molecule has 1 aromatic carbocycles. The molecule has 2 heterocycles. The van der Waals surface area contributed by atoms with Gasteiger partial charge < -0.3 is 19.5 Å². The summed E-state index contributed by atoms with van der Waals surface area (Å²) in [6, 6.07) is 10.1. The lowest BCUT2D eigenvalue weighted by Crippen LogP contribution is -2.52. The number of hydrogen-bond acceptors (Lipinski definition) is 7. The van der Waals surface area contributed by atoms with Crippen LogP contribution in [0.4, 0.5) is 0 Å². The van der Waals surface area contributed by atoms with Crippen molar-refractivity contribution < 1.29 is 23.8 Å². The number of rotatable bonds is 8. The van der Waals surface area contributed by atoms with E-state index >= 15 is 0 Å². The zero-order valence-corrected chi connectivity index (χ0v) is 16.4. The average Bonchev–Trinajstić information content (AvgIpc) is 2.79. The number of methoxy groups -OCH3 is 1. The minimum atomic E-state index is -0.532. The zero-order chi connectivity index (χ0) is 20.5. The summed E-state index contributed by atoms with van der Waals surface area (Å²) in [4.78, 5) is 30.5. The number of benzene rings is 1. The van der Waals surface area contributed by atoms with Gasteiger partial charge in [0.1, 0.15) is 18.4 Å². The molecule has 0 radical (unpaired) electrons. The molecule has 1 N–H and O–H groups in total. The van der Waals surface area contributed by atoms with Crippen LogP contribution in [0.1, 0.15) is 15.9 Å². The highest BCUT2D eigenvalue weighted by atomic mass is 16.5. The molecule has 1 atom stereocenters. The summed E-state index contributed by atoms with van der Waals surface area (Å²) in [6.07, 6.45) is 3.43. The number of esters is 1. The molecule has 1 aliphatic heterocycles. The van der Waals surface area contributed by atoms with Gasteiger partial charge in [0.15, 0.2) is 0 Å². The van der Waals surface area contributed by atoms with Crippen molar-refractivity contribution in [2.75, 3.05) is 40.0 Å². The van der Waals surface area contributed by atoms with E-state index < -0.39 is 6.04 Å². The summed E-state index contributed by atoms with van der Waals surface area (Å²) in [5, 5.41) is 2.82. The van der Waals surface area contributed by atoms with Crippen LogP contribution in [0.3, 0.4) is 0 Å². The van der Waals surface area contributed by atoms with Crippen LogP contribution in [0.2, 0.25) is 0 Å². The first-order valence-electron chi connectivity index (χ1n) is 9.47. The Bertz CT molecular complexity index is 792. The molecule has 1 fully saturated rings. The maximum absolute atomic E-state index is 12.5. The molecule has 1 amide bonds. The Balaban J connectivity index is 1.53. The van der Waals surface area contributed by atoms with Crippen molar-refractivity contribution in [1.82, 2.24) is 15.2 Å². The quantitative estimate of drug-likeness (QED) is 0.669. The fraction of sp³-hybridized carbons (Fsp3) is 0.381. The Morgan fingerprint density at radius 1 is 1.14 bits per heavy atom. The summed E-state index contributed by atoms with van der Waals surface area (Å²) < 4.78 is 15.9. The number of amides is 1. The predicted octanol–water partition coefficient (Wildman–Crippen LogP) is 1.26. The Kier molecular flexibility index (Phi) is 7.54. The number of pyridine rings is 1. The summed E-state index contributed by atoms with van der Waals surface area (Å²) in [7, 11) is 1.35. The highest BCUT2D eigenvalue weighted by Gasteiger charge is 2.28. The summed E-state index contributed by atoms with van der Waals surface area (Å²) >= 11 is 0. The van der Waals surface area contributed by atoms with E-state index in [1.807, 2.05) is 17.0 Å². The molecular formula is C21H25N3O5. The predicted molar refractivity (Wildman–Crippen MR) is 106 cm³/mol. The van der Waals surface area contributed by atoms with Gasteiger partial charge in [0, 0.05) is 37.6 Å². The van der Waals surface area contributed by atoms with E-state index in [4.69, 9.17) is 14.2 Å². The fourth-order valence-electron chi connectivity index (χ4n) is 3.03. The Hall–Kier alpha value is -2.97. The van der Waals surface area contributed by atoms with Gasteiger partial charge >= 0.3 is 5.97 Å². The number of morpholine rings is 1. The number of aromatic nitrogens is 1. The first kappa shape index (κ1) is 20.8. The second kappa shape index (κ2) is 10.5. The minimum absolute atomic E-state index is 0.172. The molecule has 1 saturated heterocycles. The van der Waals surface area contributed by atoms with Gasteiger partial charge in [0.2, 0.25) is 0 Å². The Morgan fingerprint density at radius 3 is 2.48 bits per heavy atom. The fourth-order valence-corrected chi connectivity index (χ4v) is 3.03. The van der Waals surface area contributed by atoms with Crippen LogP contribution in [0.15, 0.2) is 48.8 Å². The molecule has 1 aliphatic rings. The van der Waals surface area contributed by atoms with Gasteiger partial charge in [0.25, 0.3) is 5.91 Å². The molecule has 29 heavy (non-hydrogen) atoms. The standard InChI is InChI=1S/C21H25N3O5/c1-27-21(26)19(24-10-12-28-13-11-24)14-23-20(25)17-2-4-18(5-3-17)29-15-16-6-8-22-9-7-16/h2-9,19H,10-15H2,1H3,(H,23,25)/t19-/m0/s1. The van der Waals surface area contributed by atoms with Crippen molar-refractivity contribution in [3.63, 3.8) is 0 Å². The number of ether oxygens (including phenoxy) is 3. The first-order valence-corrected chi connectivity index (χ1v) is 9.47. The van der Waals surface area contributed by atoms with Gasteiger partial charge in [0.05, 0.1) is 20.3 Å². The molecule has 0 spiro atoms. The maximum Gasteiger partial charge on any atom is 0.324 e. The highest BCUT2D eigenvalue weighted by Crippen LogP contribution is 2.14. The van der Waals surface area contributed by atoms with Crippen LogP contribution < -0.4 is 10.1 Å². The van der Waals surface area contributed by atoms with Crippen LogP contribution in [0.25, 0.3) is 0 Å². The van der Waals surface area contributed by atoms with E-state index in [9.17, 15) is 9.59 Å². The van der Waals surface area contributed by atoms with E-state index in [1.165, 1.54) is 7.11 Å². The van der Waals surface area contributed by atoms with Crippen molar-refractivity contribution in [3.05, 3.63) is 59.9 Å². The van der Waals surface area contributed by atoms with Crippen LogP contribution in [-0.2, 0) is 20.9 Å². The second-order valence-corrected chi connectivity index (χ2v) is 6.57. The molecule has 0 saturated carbocycles. The van der Waals surface area contributed by atoms with Crippen LogP contribution in [0.5, 0.6) is 5.75 Å². The molecule has 8 heteroatoms. The average molecular weight is 399 g/mol. The summed E-state index contributed by atoms with van der Waals surface area (Å²) in [5.74, 6) is 0.0408. The minimum Gasteiger partial charge on any atom is -0.489 e. The Morgan fingerprint density at radius 2 is 1.83 bits per heavy atom. The first-order chi connectivity index (χ1) is 14.2. The van der Waals surface area contributed by atoms with Crippen LogP contribution in [0, 0.1) is 0 Å². The van der Waals surface area contributed by atoms with Crippen molar-refractivity contribution in [2.24, 2.45) is 0 Å². The zero-order valence-electron chi connectivity index (χ0n) is 16.4. The maximum atomic E-state index is 12.5. The monoisotopic (exact) mass is 399 g/mol. The third-order valence-electron chi connectivity index (χ3n) is 4.69. The SMILES string of the molecule is COC(=O)[C@H](CNC(=O)c1ccc(OCc2ccncc2)cc1)N1CCOCC1. The van der Waals surface area contributed by atoms with E-state index in [0.29, 0.717) is 44.2 Å². The molecule has 3 rings (SSSR count). The van der Waals surface area contributed by atoms with Gasteiger partial charge in [-0.15, -0.1) is 0 Å². The third-order valence-corrected chi connectivity index (χ3v) is 4.69. The van der Waals surface area contributed by atoms with E-state index in [-0.39, 0.29) is 18.4 Å². The van der Waals surface area contributed by atoms with Crippen molar-refractivity contribution in [1.29, 1.82) is 0 Å². The number of carbonyl (C=O) groups is 2. The van der Waals surface area contributed by atoms with Crippen LogP contribution in [-0.4, -0.2) is 67.8 Å². The molecular weight excluding hydrogens is 374 g/mol. The molecule has 0 unspecified atom stereocenters. The Labute approximate surface area is 169 Å². The number of carbonyl (C=O) groups excluding carboxylic acids is 2. The second-order valence-electron chi connectivity index (χ2n) is 6.57. The summed E-state index contributed by atoms with van der Waals surface area (Å²) in [6.45, 7) is 2.96. The number of hydrogen-bond donors (Lipinski definition) is 1. The van der Waals surface area contributed by atoms with Crippen molar-refractivity contribution >= 4 is 11.9 Å². The molecule has 1 aromatic heterocycles. The van der Waals surface area contributed by atoms with Gasteiger partial charge in [-0.2, -0.15) is 0 Å². The third kappa shape index (κ3) is 6.00. The summed E-state index contributed by atoms with van der Waals surface area (Å²) in [5.41, 5.74) is 1.51. The normalized spacial score (nSPS) is 15.3. The lowest BCUT2D eigenvalue weighted by molar-refractivity contribution is -0.148. The topological polar surface area (TPSA) is 90.0 Å². The molecule has 2 aromatic rings. The molecule has 8 nitrogen and oxygen atoms in total. The highest BCUT2D eigenvalue weighted by molar-refractivity contribution is 5.94. The number of nitrogens with zero attached hydrogens (tertiary/aromatic N) is 2. The number of nitrogens with one attached hydrogen (secondary N) is 1. The van der Waals surface area contributed by atoms with Crippen molar-refractivity contribution in [3.8, 4) is 5.75 Å². The van der Waals surface area contributed by atoms with E-state index in [2.05, 4.69) is 10.3 Å². The molecule has 0 bridgehead atoms.